The maximum atomic E-state index is 11.2. The highest BCUT2D eigenvalue weighted by Crippen LogP contribution is 2.35. The molecule has 0 spiro atoms. The number of hydrogen-bond acceptors (Lipinski definition) is 5. The fourth-order valence-corrected chi connectivity index (χ4v) is 3.95. The summed E-state index contributed by atoms with van der Waals surface area (Å²) in [5, 5.41) is 10.9. The lowest BCUT2D eigenvalue weighted by atomic mass is 10.1. The van der Waals surface area contributed by atoms with E-state index in [1.165, 1.54) is 5.56 Å². The van der Waals surface area contributed by atoms with Gasteiger partial charge in [-0.25, -0.2) is 4.79 Å². The molecule has 1 N–H and O–H groups in total. The fraction of sp³-hybridized carbons (Fsp3) is 0.353. The second-order valence-corrected chi connectivity index (χ2v) is 7.27. The third-order valence-corrected chi connectivity index (χ3v) is 5.66. The van der Waals surface area contributed by atoms with Gasteiger partial charge in [0.1, 0.15) is 6.61 Å². The SMILES string of the molecule is O=C(O)c1scc(Br)c1OCc1ccc(CN2CCOCC2)cc1. The van der Waals surface area contributed by atoms with E-state index in [0.717, 1.165) is 49.7 Å². The molecule has 2 heterocycles. The van der Waals surface area contributed by atoms with Gasteiger partial charge in [-0.15, -0.1) is 11.3 Å². The molecule has 5 nitrogen and oxygen atoms in total. The molecule has 0 radical (unpaired) electrons. The van der Waals surface area contributed by atoms with Gasteiger partial charge in [-0.05, 0) is 27.1 Å². The number of halogens is 1. The van der Waals surface area contributed by atoms with Crippen LogP contribution in [0.15, 0.2) is 34.1 Å². The van der Waals surface area contributed by atoms with Gasteiger partial charge in [0.2, 0.25) is 0 Å². The molecule has 0 atom stereocenters. The predicted molar refractivity (Wildman–Crippen MR) is 95.8 cm³/mol. The first-order valence-corrected chi connectivity index (χ1v) is 9.32. The van der Waals surface area contributed by atoms with Crippen LogP contribution in [0.3, 0.4) is 0 Å². The quantitative estimate of drug-likeness (QED) is 0.786. The number of benzene rings is 1. The maximum Gasteiger partial charge on any atom is 0.349 e. The summed E-state index contributed by atoms with van der Waals surface area (Å²) < 4.78 is 11.7. The summed E-state index contributed by atoms with van der Waals surface area (Å²) in [5.41, 5.74) is 2.26. The number of hydrogen-bond donors (Lipinski definition) is 1. The predicted octanol–water partition coefficient (Wildman–Crippen LogP) is 3.62. The molecular weight excluding hydrogens is 394 g/mol. The Labute approximate surface area is 152 Å². The Balaban J connectivity index is 1.58. The molecule has 7 heteroatoms. The Hall–Kier alpha value is -1.41. The minimum atomic E-state index is -0.971. The zero-order valence-electron chi connectivity index (χ0n) is 13.0. The Morgan fingerprint density at radius 3 is 2.58 bits per heavy atom. The lowest BCUT2D eigenvalue weighted by molar-refractivity contribution is 0.0342. The van der Waals surface area contributed by atoms with Gasteiger partial charge in [-0.2, -0.15) is 0 Å². The van der Waals surface area contributed by atoms with E-state index in [4.69, 9.17) is 14.6 Å². The topological polar surface area (TPSA) is 59.0 Å². The summed E-state index contributed by atoms with van der Waals surface area (Å²) in [6, 6.07) is 8.23. The van der Waals surface area contributed by atoms with Crippen molar-refractivity contribution in [2.75, 3.05) is 26.3 Å². The monoisotopic (exact) mass is 411 g/mol. The molecule has 1 aliphatic heterocycles. The first kappa shape index (κ1) is 17.4. The standard InChI is InChI=1S/C17H18BrNO4S/c18-14-11-24-16(17(20)21)15(14)23-10-13-3-1-12(2-4-13)9-19-5-7-22-8-6-19/h1-4,11H,5-10H2,(H,20,21). The van der Waals surface area contributed by atoms with E-state index in [9.17, 15) is 4.79 Å². The van der Waals surface area contributed by atoms with Gasteiger partial charge in [0.25, 0.3) is 0 Å². The van der Waals surface area contributed by atoms with Gasteiger partial charge in [-0.3, -0.25) is 4.90 Å². The summed E-state index contributed by atoms with van der Waals surface area (Å²) in [6.45, 7) is 4.79. The van der Waals surface area contributed by atoms with E-state index >= 15 is 0 Å². The molecular formula is C17H18BrNO4S. The molecule has 24 heavy (non-hydrogen) atoms. The van der Waals surface area contributed by atoms with Crippen molar-refractivity contribution in [2.24, 2.45) is 0 Å². The molecule has 1 aromatic heterocycles. The number of aromatic carboxylic acids is 1. The molecule has 1 aliphatic rings. The average molecular weight is 412 g/mol. The van der Waals surface area contributed by atoms with Gasteiger partial charge < -0.3 is 14.6 Å². The van der Waals surface area contributed by atoms with Gasteiger partial charge in [-0.1, -0.05) is 24.3 Å². The van der Waals surface area contributed by atoms with Crippen LogP contribution in [0.2, 0.25) is 0 Å². The van der Waals surface area contributed by atoms with Gasteiger partial charge in [0, 0.05) is 25.0 Å². The van der Waals surface area contributed by atoms with E-state index < -0.39 is 5.97 Å². The van der Waals surface area contributed by atoms with E-state index in [-0.39, 0.29) is 4.88 Å². The molecule has 0 saturated carbocycles. The number of nitrogens with zero attached hydrogens (tertiary/aromatic N) is 1. The second-order valence-electron chi connectivity index (χ2n) is 5.54. The highest BCUT2D eigenvalue weighted by atomic mass is 79.9. The van der Waals surface area contributed by atoms with Crippen molar-refractivity contribution >= 4 is 33.2 Å². The van der Waals surface area contributed by atoms with Gasteiger partial charge in [0.15, 0.2) is 10.6 Å². The number of carboxylic acids is 1. The third kappa shape index (κ3) is 4.36. The van der Waals surface area contributed by atoms with Crippen molar-refractivity contribution < 1.29 is 19.4 Å². The summed E-state index contributed by atoms with van der Waals surface area (Å²) in [5.74, 6) is -0.577. The van der Waals surface area contributed by atoms with E-state index in [1.807, 2.05) is 12.1 Å². The minimum Gasteiger partial charge on any atom is -0.486 e. The second kappa shape index (κ2) is 8.11. The highest BCUT2D eigenvalue weighted by Gasteiger charge is 2.17. The van der Waals surface area contributed by atoms with Crippen molar-refractivity contribution in [3.63, 3.8) is 0 Å². The lowest BCUT2D eigenvalue weighted by Gasteiger charge is -2.26. The molecule has 3 rings (SSSR count). The maximum absolute atomic E-state index is 11.2. The molecule has 0 amide bonds. The fourth-order valence-electron chi connectivity index (χ4n) is 2.52. The van der Waals surface area contributed by atoms with Crippen LogP contribution in [0.25, 0.3) is 0 Å². The molecule has 1 aromatic carbocycles. The summed E-state index contributed by atoms with van der Waals surface area (Å²) in [6.07, 6.45) is 0. The Kier molecular flexibility index (Phi) is 5.89. The van der Waals surface area contributed by atoms with Crippen molar-refractivity contribution in [2.45, 2.75) is 13.2 Å². The Morgan fingerprint density at radius 2 is 1.92 bits per heavy atom. The molecule has 0 bridgehead atoms. The summed E-state index contributed by atoms with van der Waals surface area (Å²) >= 11 is 4.49. The molecule has 0 aliphatic carbocycles. The number of thiophene rings is 1. The first-order valence-electron chi connectivity index (χ1n) is 7.64. The first-order chi connectivity index (χ1) is 11.6. The van der Waals surface area contributed by atoms with Crippen LogP contribution in [-0.4, -0.2) is 42.3 Å². The zero-order valence-corrected chi connectivity index (χ0v) is 15.4. The van der Waals surface area contributed by atoms with Crippen LogP contribution in [0.1, 0.15) is 20.8 Å². The molecule has 1 saturated heterocycles. The van der Waals surface area contributed by atoms with Gasteiger partial charge in [0.05, 0.1) is 17.7 Å². The van der Waals surface area contributed by atoms with Crippen LogP contribution in [0, 0.1) is 0 Å². The van der Waals surface area contributed by atoms with Crippen LogP contribution in [0.5, 0.6) is 5.75 Å². The molecule has 2 aromatic rings. The molecule has 128 valence electrons. The largest absolute Gasteiger partial charge is 0.486 e. The summed E-state index contributed by atoms with van der Waals surface area (Å²) in [7, 11) is 0. The van der Waals surface area contributed by atoms with Crippen molar-refractivity contribution in [3.05, 3.63) is 50.1 Å². The van der Waals surface area contributed by atoms with E-state index in [2.05, 4.69) is 33.0 Å². The Bertz CT molecular complexity index is 695. The molecule has 0 unspecified atom stereocenters. The minimum absolute atomic E-state index is 0.214. The summed E-state index contributed by atoms with van der Waals surface area (Å²) in [4.78, 5) is 13.8. The van der Waals surface area contributed by atoms with Crippen molar-refractivity contribution in [1.29, 1.82) is 0 Å². The normalized spacial score (nSPS) is 15.4. The number of rotatable bonds is 6. The number of carboxylic acid groups (broad SMARTS) is 1. The third-order valence-electron chi connectivity index (χ3n) is 3.81. The highest BCUT2D eigenvalue weighted by molar-refractivity contribution is 9.10. The smallest absolute Gasteiger partial charge is 0.349 e. The number of ether oxygens (including phenoxy) is 2. The molecule has 1 fully saturated rings. The Morgan fingerprint density at radius 1 is 1.25 bits per heavy atom. The van der Waals surface area contributed by atoms with Crippen LogP contribution < -0.4 is 4.74 Å². The number of morpholine rings is 1. The zero-order chi connectivity index (χ0) is 16.9. The average Bonchev–Trinajstić information content (AvgIpc) is 2.96. The van der Waals surface area contributed by atoms with Gasteiger partial charge >= 0.3 is 5.97 Å². The van der Waals surface area contributed by atoms with Crippen LogP contribution in [-0.2, 0) is 17.9 Å². The van der Waals surface area contributed by atoms with Crippen molar-refractivity contribution in [1.82, 2.24) is 4.90 Å². The van der Waals surface area contributed by atoms with Crippen LogP contribution >= 0.6 is 27.3 Å². The van der Waals surface area contributed by atoms with Crippen molar-refractivity contribution in [3.8, 4) is 5.75 Å². The number of carbonyl (C=O) groups is 1. The van der Waals surface area contributed by atoms with E-state index in [1.54, 1.807) is 5.38 Å². The van der Waals surface area contributed by atoms with Crippen LogP contribution in [0.4, 0.5) is 0 Å². The van der Waals surface area contributed by atoms with E-state index in [0.29, 0.717) is 16.8 Å². The lowest BCUT2D eigenvalue weighted by Crippen LogP contribution is -2.35.